The number of hydrogen-bond acceptors (Lipinski definition) is 3. The van der Waals surface area contributed by atoms with Crippen molar-refractivity contribution in [1.29, 1.82) is 0 Å². The van der Waals surface area contributed by atoms with Gasteiger partial charge in [0.1, 0.15) is 0 Å². The van der Waals surface area contributed by atoms with Crippen molar-refractivity contribution in [3.8, 4) is 0 Å². The Bertz CT molecular complexity index is 755. The molecule has 1 aromatic carbocycles. The number of benzene rings is 1. The van der Waals surface area contributed by atoms with E-state index in [9.17, 15) is 14.4 Å². The molecule has 0 aliphatic carbocycles. The van der Waals surface area contributed by atoms with Crippen LogP contribution in [0.15, 0.2) is 27.8 Å². The highest BCUT2D eigenvalue weighted by molar-refractivity contribution is 5.85. The van der Waals surface area contributed by atoms with Crippen LogP contribution in [0.25, 0.3) is 10.9 Å². The highest BCUT2D eigenvalue weighted by atomic mass is 16.4. The van der Waals surface area contributed by atoms with E-state index >= 15 is 0 Å². The molecule has 2 rings (SSSR count). The topological polar surface area (TPSA) is 81.3 Å². The van der Waals surface area contributed by atoms with Crippen molar-refractivity contribution < 1.29 is 9.90 Å². The van der Waals surface area contributed by atoms with E-state index < -0.39 is 17.2 Å². The number of rotatable bonds is 2. The number of aliphatic carboxylic acids is 1. The fourth-order valence-corrected chi connectivity index (χ4v) is 2.01. The third-order valence-electron chi connectivity index (χ3n) is 2.92. The summed E-state index contributed by atoms with van der Waals surface area (Å²) in [5.41, 5.74) is -0.0389. The van der Waals surface area contributed by atoms with Gasteiger partial charge in [-0.25, -0.2) is 4.79 Å². The molecule has 0 unspecified atom stereocenters. The van der Waals surface area contributed by atoms with E-state index in [1.807, 2.05) is 0 Å². The van der Waals surface area contributed by atoms with E-state index in [-0.39, 0.29) is 11.8 Å². The van der Waals surface area contributed by atoms with Crippen LogP contribution in [-0.4, -0.2) is 20.2 Å². The van der Waals surface area contributed by atoms with Crippen LogP contribution in [0.1, 0.15) is 5.56 Å². The number of carbonyl (C=O) groups is 1. The van der Waals surface area contributed by atoms with Gasteiger partial charge in [0.25, 0.3) is 5.56 Å². The highest BCUT2D eigenvalue weighted by Gasteiger charge is 2.13. The third kappa shape index (κ3) is 1.71. The molecule has 1 aromatic heterocycles. The molecule has 1 N–H and O–H groups in total. The van der Waals surface area contributed by atoms with Gasteiger partial charge in [0.2, 0.25) is 0 Å². The Morgan fingerprint density at radius 2 is 1.89 bits per heavy atom. The number of aromatic nitrogens is 2. The molecule has 0 saturated carbocycles. The third-order valence-corrected chi connectivity index (χ3v) is 2.92. The molecule has 0 saturated heterocycles. The molecule has 18 heavy (non-hydrogen) atoms. The Balaban J connectivity index is 2.98. The molecule has 0 aliphatic heterocycles. The molecule has 0 spiro atoms. The van der Waals surface area contributed by atoms with Crippen molar-refractivity contribution in [2.75, 3.05) is 0 Å². The van der Waals surface area contributed by atoms with E-state index in [0.717, 1.165) is 4.57 Å². The highest BCUT2D eigenvalue weighted by Crippen LogP contribution is 2.13. The number of fused-ring (bicyclic) bond motifs is 1. The predicted molar refractivity (Wildman–Crippen MR) is 65.8 cm³/mol. The smallest absolute Gasteiger partial charge is 0.330 e. The molecule has 1 heterocycles. The standard InChI is InChI=1S/C12H12N2O4/c1-13-8-5-3-4-7(6-9(15)16)10(8)11(17)14(2)12(13)18/h3-5H,6H2,1-2H3,(H,15,16). The zero-order valence-electron chi connectivity index (χ0n) is 10.0. The van der Waals surface area contributed by atoms with Gasteiger partial charge in [0, 0.05) is 14.1 Å². The fourth-order valence-electron chi connectivity index (χ4n) is 2.01. The lowest BCUT2D eigenvalue weighted by atomic mass is 10.1. The Labute approximate surface area is 102 Å². The summed E-state index contributed by atoms with van der Waals surface area (Å²) in [7, 11) is 2.93. The minimum Gasteiger partial charge on any atom is -0.481 e. The summed E-state index contributed by atoms with van der Waals surface area (Å²) < 4.78 is 2.32. The molecule has 0 amide bonds. The zero-order valence-corrected chi connectivity index (χ0v) is 10.0. The number of aryl methyl sites for hydroxylation is 1. The van der Waals surface area contributed by atoms with Crippen LogP contribution in [0, 0.1) is 0 Å². The minimum atomic E-state index is -1.02. The van der Waals surface area contributed by atoms with Gasteiger partial charge in [0.15, 0.2) is 0 Å². The summed E-state index contributed by atoms with van der Waals surface area (Å²) in [5, 5.41) is 9.12. The maximum atomic E-state index is 12.1. The molecule has 6 nitrogen and oxygen atoms in total. The second kappa shape index (κ2) is 4.14. The minimum absolute atomic E-state index is 0.245. The number of carboxylic acids is 1. The second-order valence-electron chi connectivity index (χ2n) is 4.09. The van der Waals surface area contributed by atoms with Crippen molar-refractivity contribution in [2.45, 2.75) is 6.42 Å². The van der Waals surface area contributed by atoms with Gasteiger partial charge in [-0.2, -0.15) is 0 Å². The van der Waals surface area contributed by atoms with Crippen molar-refractivity contribution >= 4 is 16.9 Å². The van der Waals surface area contributed by atoms with Gasteiger partial charge in [0.05, 0.1) is 17.3 Å². The van der Waals surface area contributed by atoms with Crippen molar-refractivity contribution in [1.82, 2.24) is 9.13 Å². The van der Waals surface area contributed by atoms with Gasteiger partial charge in [-0.05, 0) is 11.6 Å². The summed E-state index contributed by atoms with van der Waals surface area (Å²) in [6.45, 7) is 0. The molecule has 94 valence electrons. The van der Waals surface area contributed by atoms with Crippen LogP contribution in [0.5, 0.6) is 0 Å². The Morgan fingerprint density at radius 3 is 2.50 bits per heavy atom. The van der Waals surface area contributed by atoms with Gasteiger partial charge in [-0.3, -0.25) is 18.7 Å². The summed E-state index contributed by atoms with van der Waals surface area (Å²) >= 11 is 0. The Kier molecular flexibility index (Phi) is 2.78. The van der Waals surface area contributed by atoms with Crippen LogP contribution in [0.2, 0.25) is 0 Å². The lowest BCUT2D eigenvalue weighted by molar-refractivity contribution is -0.136. The molecule has 0 fully saturated rings. The van der Waals surface area contributed by atoms with E-state index in [1.54, 1.807) is 25.2 Å². The first-order valence-electron chi connectivity index (χ1n) is 5.33. The number of nitrogens with zero attached hydrogens (tertiary/aromatic N) is 2. The van der Waals surface area contributed by atoms with Crippen LogP contribution in [-0.2, 0) is 25.3 Å². The SMILES string of the molecule is Cn1c(=O)c2c(CC(=O)O)cccc2n(C)c1=O. The maximum absolute atomic E-state index is 12.1. The summed E-state index contributed by atoms with van der Waals surface area (Å²) in [4.78, 5) is 34.6. The van der Waals surface area contributed by atoms with Crippen molar-refractivity contribution in [3.05, 3.63) is 44.6 Å². The molecular formula is C12H12N2O4. The Hall–Kier alpha value is -2.37. The summed E-state index contributed by atoms with van der Waals surface area (Å²) in [6, 6.07) is 4.85. The summed E-state index contributed by atoms with van der Waals surface area (Å²) in [6.07, 6.45) is -0.245. The average Bonchev–Trinajstić information content (AvgIpc) is 2.32. The monoisotopic (exact) mass is 248 g/mol. The van der Waals surface area contributed by atoms with Crippen LogP contribution < -0.4 is 11.2 Å². The van der Waals surface area contributed by atoms with E-state index in [2.05, 4.69) is 0 Å². The van der Waals surface area contributed by atoms with Gasteiger partial charge in [-0.15, -0.1) is 0 Å². The number of carboxylic acid groups (broad SMARTS) is 1. The van der Waals surface area contributed by atoms with E-state index in [1.165, 1.54) is 11.6 Å². The molecule has 6 heteroatoms. The Morgan fingerprint density at radius 1 is 1.22 bits per heavy atom. The van der Waals surface area contributed by atoms with Crippen molar-refractivity contribution in [2.24, 2.45) is 14.1 Å². The van der Waals surface area contributed by atoms with Gasteiger partial charge >= 0.3 is 11.7 Å². The molecule has 0 aliphatic rings. The average molecular weight is 248 g/mol. The first kappa shape index (κ1) is 12.1. The fraction of sp³-hybridized carbons (Fsp3) is 0.250. The molecule has 0 bridgehead atoms. The summed E-state index contributed by atoms with van der Waals surface area (Å²) in [5.74, 6) is -1.02. The molecule has 2 aromatic rings. The molecule has 0 atom stereocenters. The quantitative estimate of drug-likeness (QED) is 0.802. The van der Waals surface area contributed by atoms with Crippen LogP contribution in [0.3, 0.4) is 0 Å². The van der Waals surface area contributed by atoms with E-state index in [0.29, 0.717) is 11.1 Å². The lowest BCUT2D eigenvalue weighted by Crippen LogP contribution is -2.37. The maximum Gasteiger partial charge on any atom is 0.330 e. The number of hydrogen-bond donors (Lipinski definition) is 1. The zero-order chi connectivity index (χ0) is 13.4. The van der Waals surface area contributed by atoms with Gasteiger partial charge in [-0.1, -0.05) is 12.1 Å². The largest absolute Gasteiger partial charge is 0.481 e. The van der Waals surface area contributed by atoms with Gasteiger partial charge < -0.3 is 5.11 Å². The normalized spacial score (nSPS) is 10.8. The van der Waals surface area contributed by atoms with E-state index in [4.69, 9.17) is 5.11 Å². The molecular weight excluding hydrogens is 236 g/mol. The predicted octanol–water partition coefficient (Wildman–Crippen LogP) is -0.136. The second-order valence-corrected chi connectivity index (χ2v) is 4.09. The van der Waals surface area contributed by atoms with Crippen molar-refractivity contribution in [3.63, 3.8) is 0 Å². The van der Waals surface area contributed by atoms with Crippen LogP contribution >= 0.6 is 0 Å². The first-order valence-corrected chi connectivity index (χ1v) is 5.33. The molecule has 0 radical (unpaired) electrons. The first-order chi connectivity index (χ1) is 8.43. The lowest BCUT2D eigenvalue weighted by Gasteiger charge is -2.09. The van der Waals surface area contributed by atoms with Crippen LogP contribution in [0.4, 0.5) is 0 Å².